The summed E-state index contributed by atoms with van der Waals surface area (Å²) in [6.45, 7) is 5.78. The SMILES string of the molecule is CCOc1ccc(C2NC(=S)N(CCOC)C(C)=C2c2nc(-c3cccs3)no2)cc1. The summed E-state index contributed by atoms with van der Waals surface area (Å²) in [5.74, 6) is 1.87. The van der Waals surface area contributed by atoms with E-state index in [-0.39, 0.29) is 6.04 Å². The van der Waals surface area contributed by atoms with Crippen LogP contribution in [0.1, 0.15) is 31.3 Å². The normalized spacial score (nSPS) is 16.5. The lowest BCUT2D eigenvalue weighted by Gasteiger charge is -2.37. The van der Waals surface area contributed by atoms with Gasteiger partial charge in [0.2, 0.25) is 5.82 Å². The standard InChI is InChI=1S/C22H24N4O3S2/c1-4-28-16-9-7-15(8-10-16)19-18(14(2)26(11-12-27-3)22(30)23-19)21-24-20(25-29-21)17-6-5-13-31-17/h5-10,13,19H,4,11-12H2,1-3H3,(H,23,30). The second kappa shape index (κ2) is 9.59. The average molecular weight is 457 g/mol. The Morgan fingerprint density at radius 3 is 2.74 bits per heavy atom. The van der Waals surface area contributed by atoms with E-state index in [2.05, 4.69) is 10.5 Å². The predicted octanol–water partition coefficient (Wildman–Crippen LogP) is 4.51. The number of nitrogens with one attached hydrogen (secondary N) is 1. The van der Waals surface area contributed by atoms with Gasteiger partial charge in [-0.3, -0.25) is 0 Å². The predicted molar refractivity (Wildman–Crippen MR) is 125 cm³/mol. The molecule has 2 aromatic heterocycles. The number of thiocarbonyl (C=S) groups is 1. The maximum atomic E-state index is 5.72. The molecule has 1 aromatic carbocycles. The molecule has 162 valence electrons. The number of nitrogens with zero attached hydrogens (tertiary/aromatic N) is 3. The summed E-state index contributed by atoms with van der Waals surface area (Å²) >= 11 is 7.24. The van der Waals surface area contributed by atoms with Crippen molar-refractivity contribution in [3.63, 3.8) is 0 Å². The molecule has 0 bridgehead atoms. The molecule has 0 radical (unpaired) electrons. The lowest BCUT2D eigenvalue weighted by atomic mass is 9.94. The molecule has 3 aromatic rings. The first-order valence-corrected chi connectivity index (χ1v) is 11.3. The molecule has 7 nitrogen and oxygen atoms in total. The van der Waals surface area contributed by atoms with Crippen LogP contribution in [0.2, 0.25) is 0 Å². The average Bonchev–Trinajstić information content (AvgIpc) is 3.46. The number of benzene rings is 1. The van der Waals surface area contributed by atoms with Crippen LogP contribution >= 0.6 is 23.6 Å². The molecular formula is C22H24N4O3S2. The maximum Gasteiger partial charge on any atom is 0.258 e. The minimum Gasteiger partial charge on any atom is -0.494 e. The fourth-order valence-electron chi connectivity index (χ4n) is 3.52. The topological polar surface area (TPSA) is 72.7 Å². The van der Waals surface area contributed by atoms with Crippen molar-refractivity contribution in [2.45, 2.75) is 19.9 Å². The Bertz CT molecular complexity index is 1060. The molecule has 0 amide bonds. The molecule has 0 spiro atoms. The summed E-state index contributed by atoms with van der Waals surface area (Å²) in [4.78, 5) is 7.67. The molecule has 0 saturated carbocycles. The van der Waals surface area contributed by atoms with Crippen molar-refractivity contribution in [2.75, 3.05) is 26.9 Å². The number of thiophene rings is 1. The Balaban J connectivity index is 1.76. The summed E-state index contributed by atoms with van der Waals surface area (Å²) in [5, 5.41) is 10.3. The van der Waals surface area contributed by atoms with Gasteiger partial charge in [0.25, 0.3) is 5.89 Å². The van der Waals surface area contributed by atoms with E-state index in [4.69, 9.17) is 31.2 Å². The van der Waals surface area contributed by atoms with Crippen molar-refractivity contribution in [1.82, 2.24) is 20.4 Å². The highest BCUT2D eigenvalue weighted by atomic mass is 32.1. The maximum absolute atomic E-state index is 5.72. The number of methoxy groups -OCH3 is 1. The summed E-state index contributed by atoms with van der Waals surface area (Å²) < 4.78 is 16.6. The summed E-state index contributed by atoms with van der Waals surface area (Å²) in [5.41, 5.74) is 2.88. The number of aromatic nitrogens is 2. The van der Waals surface area contributed by atoms with Gasteiger partial charge in [-0.2, -0.15) is 4.98 Å². The van der Waals surface area contributed by atoms with Crippen LogP contribution in [0.4, 0.5) is 0 Å². The summed E-state index contributed by atoms with van der Waals surface area (Å²) in [7, 11) is 1.68. The highest BCUT2D eigenvalue weighted by Gasteiger charge is 2.34. The first-order valence-electron chi connectivity index (χ1n) is 10.0. The molecule has 3 heterocycles. The van der Waals surface area contributed by atoms with E-state index in [0.717, 1.165) is 27.5 Å². The van der Waals surface area contributed by atoms with Gasteiger partial charge in [-0.25, -0.2) is 0 Å². The molecule has 9 heteroatoms. The largest absolute Gasteiger partial charge is 0.494 e. The Morgan fingerprint density at radius 2 is 2.06 bits per heavy atom. The van der Waals surface area contributed by atoms with Gasteiger partial charge < -0.3 is 24.2 Å². The zero-order chi connectivity index (χ0) is 21.8. The molecule has 1 atom stereocenters. The Hall–Kier alpha value is -2.75. The quantitative estimate of drug-likeness (QED) is 0.497. The minimum atomic E-state index is -0.224. The van der Waals surface area contributed by atoms with Crippen molar-refractivity contribution in [3.05, 3.63) is 58.9 Å². The van der Waals surface area contributed by atoms with Crippen molar-refractivity contribution in [3.8, 4) is 16.5 Å². The number of hydrogen-bond acceptors (Lipinski definition) is 7. The van der Waals surface area contributed by atoms with Gasteiger partial charge in [-0.05, 0) is 55.2 Å². The highest BCUT2D eigenvalue weighted by Crippen LogP contribution is 2.38. The fraction of sp³-hybridized carbons (Fsp3) is 0.318. The van der Waals surface area contributed by atoms with Gasteiger partial charge in [0.1, 0.15) is 5.75 Å². The van der Waals surface area contributed by atoms with E-state index in [1.165, 1.54) is 0 Å². The van der Waals surface area contributed by atoms with Crippen LogP contribution in [0, 0.1) is 0 Å². The van der Waals surface area contributed by atoms with Crippen LogP contribution in [0.15, 0.2) is 52.0 Å². The second-order valence-electron chi connectivity index (χ2n) is 6.93. The third-order valence-corrected chi connectivity index (χ3v) is 6.24. The van der Waals surface area contributed by atoms with Crippen molar-refractivity contribution >= 4 is 34.2 Å². The van der Waals surface area contributed by atoms with E-state index in [9.17, 15) is 0 Å². The number of ether oxygens (including phenoxy) is 2. The van der Waals surface area contributed by atoms with E-state index in [1.54, 1.807) is 18.4 Å². The Morgan fingerprint density at radius 1 is 1.26 bits per heavy atom. The van der Waals surface area contributed by atoms with E-state index >= 15 is 0 Å². The van der Waals surface area contributed by atoms with E-state index in [0.29, 0.717) is 36.6 Å². The molecule has 31 heavy (non-hydrogen) atoms. The van der Waals surface area contributed by atoms with Crippen molar-refractivity contribution < 1.29 is 14.0 Å². The number of hydrogen-bond donors (Lipinski definition) is 1. The Kier molecular flexibility index (Phi) is 6.64. The van der Waals surface area contributed by atoms with Crippen LogP contribution in [0.5, 0.6) is 5.75 Å². The molecule has 0 fully saturated rings. The lowest BCUT2D eigenvalue weighted by Crippen LogP contribution is -2.47. The van der Waals surface area contributed by atoms with Crippen LogP contribution in [-0.4, -0.2) is 47.0 Å². The summed E-state index contributed by atoms with van der Waals surface area (Å²) in [6, 6.07) is 11.7. The zero-order valence-electron chi connectivity index (χ0n) is 17.6. The molecule has 0 aliphatic carbocycles. The fourth-order valence-corrected chi connectivity index (χ4v) is 4.52. The van der Waals surface area contributed by atoms with Crippen LogP contribution in [0.25, 0.3) is 16.3 Å². The summed E-state index contributed by atoms with van der Waals surface area (Å²) in [6.07, 6.45) is 0. The minimum absolute atomic E-state index is 0.224. The van der Waals surface area contributed by atoms with Gasteiger partial charge in [-0.1, -0.05) is 23.4 Å². The third kappa shape index (κ3) is 4.48. The molecule has 4 rings (SSSR count). The number of allylic oxidation sites excluding steroid dienone is 1. The third-order valence-electron chi connectivity index (χ3n) is 5.04. The zero-order valence-corrected chi connectivity index (χ0v) is 19.3. The highest BCUT2D eigenvalue weighted by molar-refractivity contribution is 7.80. The molecule has 1 aliphatic rings. The monoisotopic (exact) mass is 456 g/mol. The smallest absolute Gasteiger partial charge is 0.258 e. The van der Waals surface area contributed by atoms with Gasteiger partial charge >= 0.3 is 0 Å². The van der Waals surface area contributed by atoms with E-state index in [1.807, 2.05) is 60.5 Å². The Labute approximate surface area is 190 Å². The molecule has 1 aliphatic heterocycles. The molecular weight excluding hydrogens is 432 g/mol. The first-order chi connectivity index (χ1) is 15.1. The van der Waals surface area contributed by atoms with Gasteiger partial charge in [0, 0.05) is 19.4 Å². The van der Waals surface area contributed by atoms with Gasteiger partial charge in [0.15, 0.2) is 5.11 Å². The first kappa shape index (κ1) is 21.5. The van der Waals surface area contributed by atoms with Crippen LogP contribution in [-0.2, 0) is 4.74 Å². The van der Waals surface area contributed by atoms with Crippen molar-refractivity contribution in [2.24, 2.45) is 0 Å². The van der Waals surface area contributed by atoms with E-state index < -0.39 is 0 Å². The molecule has 1 unspecified atom stereocenters. The number of rotatable bonds is 8. The van der Waals surface area contributed by atoms with Gasteiger partial charge in [-0.15, -0.1) is 11.3 Å². The molecule has 0 saturated heterocycles. The lowest BCUT2D eigenvalue weighted by molar-refractivity contribution is 0.183. The van der Waals surface area contributed by atoms with Crippen LogP contribution < -0.4 is 10.1 Å². The second-order valence-corrected chi connectivity index (χ2v) is 8.26. The van der Waals surface area contributed by atoms with Crippen LogP contribution in [0.3, 0.4) is 0 Å². The van der Waals surface area contributed by atoms with Gasteiger partial charge in [0.05, 0.1) is 29.7 Å². The molecule has 1 N–H and O–H groups in total. The van der Waals surface area contributed by atoms with Crippen molar-refractivity contribution in [1.29, 1.82) is 0 Å².